The van der Waals surface area contributed by atoms with E-state index in [0.717, 1.165) is 0 Å². The summed E-state index contributed by atoms with van der Waals surface area (Å²) in [7, 11) is 0. The number of fused-ring (bicyclic) bond motifs is 6. The first-order valence-corrected chi connectivity index (χ1v) is 14.1. The highest BCUT2D eigenvalue weighted by molar-refractivity contribution is 6.30. The third-order valence-corrected chi connectivity index (χ3v) is 9.14. The normalized spacial score (nSPS) is 30.3. The van der Waals surface area contributed by atoms with Gasteiger partial charge in [-0.15, -0.1) is 0 Å². The van der Waals surface area contributed by atoms with Crippen LogP contribution >= 0.6 is 0 Å². The minimum atomic E-state index is -1.06. The van der Waals surface area contributed by atoms with Gasteiger partial charge in [0.05, 0.1) is 47.3 Å². The highest BCUT2D eigenvalue weighted by Crippen LogP contribution is 2.46. The number of phenols is 2. The molecule has 0 radical (unpaired) electrons. The van der Waals surface area contributed by atoms with Crippen molar-refractivity contribution in [2.24, 2.45) is 0 Å². The lowest BCUT2D eigenvalue weighted by atomic mass is 9.75. The first kappa shape index (κ1) is 26.7. The van der Waals surface area contributed by atoms with Gasteiger partial charge in [0.1, 0.15) is 23.7 Å². The molecule has 44 heavy (non-hydrogen) atoms. The van der Waals surface area contributed by atoms with Gasteiger partial charge in [-0.3, -0.25) is 28.8 Å². The van der Waals surface area contributed by atoms with E-state index in [0.29, 0.717) is 0 Å². The van der Waals surface area contributed by atoms with Crippen molar-refractivity contribution in [2.75, 3.05) is 0 Å². The van der Waals surface area contributed by atoms with Gasteiger partial charge in [-0.1, -0.05) is 0 Å². The van der Waals surface area contributed by atoms with Crippen LogP contribution < -0.4 is 0 Å². The Morgan fingerprint density at radius 2 is 0.955 bits per heavy atom. The molecule has 2 saturated heterocycles. The van der Waals surface area contributed by atoms with Crippen LogP contribution in [0.4, 0.5) is 0 Å². The number of carbonyl (C=O) groups is 6. The van der Waals surface area contributed by atoms with E-state index < -0.39 is 83.2 Å². The minimum absolute atomic E-state index is 0.0150. The second kappa shape index (κ2) is 8.80. The summed E-state index contributed by atoms with van der Waals surface area (Å²) in [5.74, 6) is -4.71. The van der Waals surface area contributed by atoms with E-state index in [9.17, 15) is 39.0 Å². The van der Waals surface area contributed by atoms with Gasteiger partial charge in [0.2, 0.25) is 0 Å². The lowest BCUT2D eigenvalue weighted by Crippen LogP contribution is -2.44. The van der Waals surface area contributed by atoms with Crippen LogP contribution in [0.25, 0.3) is 11.1 Å². The number of aromatic hydroxyl groups is 2. The second-order valence-electron chi connectivity index (χ2n) is 11.7. The monoisotopic (exact) mass is 598 g/mol. The van der Waals surface area contributed by atoms with Crippen molar-refractivity contribution in [2.45, 2.75) is 63.3 Å². The van der Waals surface area contributed by atoms with Gasteiger partial charge < -0.3 is 29.2 Å². The molecular formula is C32H22O12. The summed E-state index contributed by atoms with van der Waals surface area (Å²) in [5, 5.41) is 22.1. The third-order valence-electron chi connectivity index (χ3n) is 9.14. The van der Waals surface area contributed by atoms with E-state index in [1.165, 1.54) is 24.3 Å². The Kier molecular flexibility index (Phi) is 5.34. The number of esters is 2. The maximum Gasteiger partial charge on any atom is 0.309 e. The zero-order valence-corrected chi connectivity index (χ0v) is 23.2. The molecule has 4 aliphatic heterocycles. The van der Waals surface area contributed by atoms with Gasteiger partial charge in [0.15, 0.2) is 35.3 Å². The Morgan fingerprint density at radius 1 is 0.568 bits per heavy atom. The molecule has 12 nitrogen and oxygen atoms in total. The summed E-state index contributed by atoms with van der Waals surface area (Å²) >= 11 is 0. The number of hydrogen-bond donors (Lipinski definition) is 2. The standard InChI is InChI=1S/C32H22O12/c1-9-21-25(31-17(41-9)7-19(35)43-31)29(39)23-13(27(21)37)3-11(5-15(23)33)12-4-14-24(16(34)6-12)30(40)26-22(28(14)38)10(2)42-18-8-20(36)44-32(18)26/h3-6,9-10,17-18,31-34H,7-8H2,1-2H3. The van der Waals surface area contributed by atoms with Crippen LogP contribution in [0.5, 0.6) is 11.5 Å². The van der Waals surface area contributed by atoms with Gasteiger partial charge >= 0.3 is 11.9 Å². The topological polar surface area (TPSA) is 180 Å². The van der Waals surface area contributed by atoms with Crippen LogP contribution in [0, 0.1) is 0 Å². The van der Waals surface area contributed by atoms with Gasteiger partial charge in [0.25, 0.3) is 0 Å². The number of carbonyl (C=O) groups excluding carboxylic acids is 6. The maximum atomic E-state index is 13.8. The summed E-state index contributed by atoms with van der Waals surface area (Å²) in [6.07, 6.45) is -5.36. The molecule has 2 aromatic rings. The summed E-state index contributed by atoms with van der Waals surface area (Å²) in [6, 6.07) is 5.14. The van der Waals surface area contributed by atoms with E-state index in [2.05, 4.69) is 0 Å². The Balaban J connectivity index is 1.23. The predicted octanol–water partition coefficient (Wildman–Crippen LogP) is 2.32. The molecule has 2 aromatic carbocycles. The number of Topliss-reactive ketones (excluding diaryl/α,β-unsaturated/α-hetero) is 4. The highest BCUT2D eigenvalue weighted by Gasteiger charge is 2.53. The van der Waals surface area contributed by atoms with E-state index in [4.69, 9.17) is 18.9 Å². The average Bonchev–Trinajstić information content (AvgIpc) is 3.52. The Labute approximate surface area is 247 Å². The molecule has 0 aromatic heterocycles. The molecule has 12 heteroatoms. The van der Waals surface area contributed by atoms with Crippen LogP contribution in [0.1, 0.15) is 68.1 Å². The maximum absolute atomic E-state index is 13.8. The second-order valence-corrected chi connectivity index (χ2v) is 11.7. The van der Waals surface area contributed by atoms with E-state index in [1.54, 1.807) is 13.8 Å². The fourth-order valence-electron chi connectivity index (χ4n) is 7.31. The molecule has 0 saturated carbocycles. The molecule has 0 bridgehead atoms. The summed E-state index contributed by atoms with van der Waals surface area (Å²) in [5.41, 5.74) is -0.395. The van der Waals surface area contributed by atoms with Crippen LogP contribution in [0.3, 0.4) is 0 Å². The third kappa shape index (κ3) is 3.40. The van der Waals surface area contributed by atoms with E-state index in [1.807, 2.05) is 0 Å². The van der Waals surface area contributed by atoms with Gasteiger partial charge in [-0.2, -0.15) is 0 Å². The van der Waals surface area contributed by atoms with Crippen molar-refractivity contribution in [3.63, 3.8) is 0 Å². The largest absolute Gasteiger partial charge is 0.507 e. The highest BCUT2D eigenvalue weighted by atomic mass is 16.6. The Hall–Kier alpha value is -4.94. The van der Waals surface area contributed by atoms with Gasteiger partial charge in [0, 0.05) is 22.3 Å². The van der Waals surface area contributed by atoms with Gasteiger partial charge in [-0.25, -0.2) is 0 Å². The lowest BCUT2D eigenvalue weighted by Gasteiger charge is -2.35. The lowest BCUT2D eigenvalue weighted by molar-refractivity contribution is -0.141. The summed E-state index contributed by atoms with van der Waals surface area (Å²) in [6.45, 7) is 3.18. The molecule has 6 aliphatic rings. The van der Waals surface area contributed by atoms with Crippen LogP contribution in [0.15, 0.2) is 46.6 Å². The van der Waals surface area contributed by atoms with Crippen molar-refractivity contribution in [3.8, 4) is 22.6 Å². The molecule has 6 atom stereocenters. The number of rotatable bonds is 1. The van der Waals surface area contributed by atoms with Crippen LogP contribution in [-0.2, 0) is 28.5 Å². The minimum Gasteiger partial charge on any atom is -0.507 e. The zero-order valence-electron chi connectivity index (χ0n) is 23.2. The molecule has 2 aliphatic carbocycles. The van der Waals surface area contributed by atoms with Crippen LogP contribution in [-0.4, -0.2) is 81.9 Å². The molecular weight excluding hydrogens is 576 g/mol. The number of benzene rings is 2. The Bertz CT molecular complexity index is 1770. The average molecular weight is 599 g/mol. The predicted molar refractivity (Wildman–Crippen MR) is 144 cm³/mol. The van der Waals surface area contributed by atoms with E-state index in [-0.39, 0.29) is 68.5 Å². The van der Waals surface area contributed by atoms with Crippen molar-refractivity contribution in [1.82, 2.24) is 0 Å². The number of ketones is 4. The molecule has 4 heterocycles. The Morgan fingerprint density at radius 3 is 1.34 bits per heavy atom. The van der Waals surface area contributed by atoms with Crippen molar-refractivity contribution >= 4 is 35.1 Å². The quantitative estimate of drug-likeness (QED) is 0.458. The molecule has 8 rings (SSSR count). The molecule has 0 amide bonds. The fraction of sp³-hybridized carbons (Fsp3) is 0.312. The molecule has 2 N–H and O–H groups in total. The van der Waals surface area contributed by atoms with Gasteiger partial charge in [-0.05, 0) is 49.2 Å². The molecule has 6 unspecified atom stereocenters. The summed E-state index contributed by atoms with van der Waals surface area (Å²) < 4.78 is 22.3. The summed E-state index contributed by atoms with van der Waals surface area (Å²) in [4.78, 5) is 78.8. The number of phenolic OH excluding ortho intramolecular Hbond substituents is 2. The number of hydrogen-bond acceptors (Lipinski definition) is 12. The molecule has 222 valence electrons. The van der Waals surface area contributed by atoms with Crippen LogP contribution in [0.2, 0.25) is 0 Å². The zero-order chi connectivity index (χ0) is 30.9. The molecule has 0 spiro atoms. The fourth-order valence-corrected chi connectivity index (χ4v) is 7.31. The van der Waals surface area contributed by atoms with E-state index >= 15 is 0 Å². The first-order chi connectivity index (χ1) is 20.9. The SMILES string of the molecule is CC1OC2CC(=O)OC2C2=C1C(=O)c1cc(-c3cc(O)c4c(c3)C(=O)C3=C(C4=O)C4OC(=O)CC4OC3C)cc(O)c1C2=O. The van der Waals surface area contributed by atoms with Crippen molar-refractivity contribution in [3.05, 3.63) is 68.8 Å². The smallest absolute Gasteiger partial charge is 0.309 e. The van der Waals surface area contributed by atoms with Crippen molar-refractivity contribution < 1.29 is 57.9 Å². The number of ether oxygens (including phenoxy) is 4. The first-order valence-electron chi connectivity index (χ1n) is 14.1. The molecule has 2 fully saturated rings. The van der Waals surface area contributed by atoms with Crippen molar-refractivity contribution in [1.29, 1.82) is 0 Å².